The molecule has 118 valence electrons. The van der Waals surface area contributed by atoms with Crippen LogP contribution >= 0.6 is 0 Å². The number of nitrogens with one attached hydrogen (secondary N) is 2. The molecule has 0 aliphatic carbocycles. The van der Waals surface area contributed by atoms with Gasteiger partial charge in [-0.3, -0.25) is 9.78 Å². The highest BCUT2D eigenvalue weighted by Crippen LogP contribution is 2.13. The topological polar surface area (TPSA) is 63.2 Å². The van der Waals surface area contributed by atoms with Gasteiger partial charge in [-0.05, 0) is 24.6 Å². The van der Waals surface area contributed by atoms with Gasteiger partial charge in [0.2, 0.25) is 5.91 Å². The zero-order chi connectivity index (χ0) is 15.6. The van der Waals surface area contributed by atoms with E-state index in [0.717, 1.165) is 5.56 Å². The maximum atomic E-state index is 11.8. The highest BCUT2D eigenvalue weighted by molar-refractivity contribution is 5.77. The fourth-order valence-electron chi connectivity index (χ4n) is 1.49. The van der Waals surface area contributed by atoms with Crippen molar-refractivity contribution in [1.82, 2.24) is 15.6 Å². The lowest BCUT2D eigenvalue weighted by atomic mass is 10.3. The molecule has 21 heavy (non-hydrogen) atoms. The lowest BCUT2D eigenvalue weighted by molar-refractivity contribution is -0.175. The van der Waals surface area contributed by atoms with Crippen LogP contribution in [0.2, 0.25) is 0 Å². The predicted molar refractivity (Wildman–Crippen MR) is 70.4 cm³/mol. The number of rotatable bonds is 9. The van der Waals surface area contributed by atoms with Crippen LogP contribution in [0.4, 0.5) is 13.2 Å². The quantitative estimate of drug-likeness (QED) is 0.674. The van der Waals surface area contributed by atoms with Crippen LogP contribution in [0.5, 0.6) is 0 Å². The summed E-state index contributed by atoms with van der Waals surface area (Å²) in [6.07, 6.45) is -0.283. The maximum absolute atomic E-state index is 11.8. The summed E-state index contributed by atoms with van der Waals surface area (Å²) in [7, 11) is 0. The van der Waals surface area contributed by atoms with Crippen LogP contribution in [-0.4, -0.2) is 43.4 Å². The van der Waals surface area contributed by atoms with E-state index in [-0.39, 0.29) is 0 Å². The van der Waals surface area contributed by atoms with Crippen LogP contribution < -0.4 is 10.6 Å². The first-order chi connectivity index (χ1) is 9.97. The molecule has 1 heterocycles. The van der Waals surface area contributed by atoms with Crippen LogP contribution in [0, 0.1) is 0 Å². The van der Waals surface area contributed by atoms with Crippen molar-refractivity contribution in [3.8, 4) is 0 Å². The molecule has 0 aliphatic rings. The van der Waals surface area contributed by atoms with Gasteiger partial charge in [-0.15, -0.1) is 0 Å². The number of hydrogen-bond acceptors (Lipinski definition) is 4. The fourth-order valence-corrected chi connectivity index (χ4v) is 1.49. The number of alkyl halides is 3. The first-order valence-electron chi connectivity index (χ1n) is 6.48. The van der Waals surface area contributed by atoms with Gasteiger partial charge in [-0.1, -0.05) is 6.07 Å². The molecule has 0 fully saturated rings. The zero-order valence-corrected chi connectivity index (χ0v) is 11.4. The molecule has 0 radical (unpaired) electrons. The first kappa shape index (κ1) is 17.4. The summed E-state index contributed by atoms with van der Waals surface area (Å²) in [4.78, 5) is 15.1. The van der Waals surface area contributed by atoms with Gasteiger partial charge in [-0.2, -0.15) is 13.2 Å². The Balaban J connectivity index is 1.95. The number of hydrogen-bond donors (Lipinski definition) is 2. The molecule has 0 bridgehead atoms. The second-order valence-corrected chi connectivity index (χ2v) is 4.35. The Bertz CT molecular complexity index is 413. The molecule has 2 N–H and O–H groups in total. The predicted octanol–water partition coefficient (Wildman–Crippen LogP) is 1.26. The summed E-state index contributed by atoms with van der Waals surface area (Å²) in [5.74, 6) is -0.550. The van der Waals surface area contributed by atoms with E-state index in [1.54, 1.807) is 12.4 Å². The molecule has 0 atom stereocenters. The van der Waals surface area contributed by atoms with E-state index in [9.17, 15) is 18.0 Å². The minimum absolute atomic E-state index is 0.383. The third-order valence-corrected chi connectivity index (χ3v) is 2.40. The number of carbonyl (C=O) groups excluding carboxylic acids is 1. The summed E-state index contributed by atoms with van der Waals surface area (Å²) in [6, 6.07) is 3.79. The normalized spacial score (nSPS) is 11.4. The lowest BCUT2D eigenvalue weighted by Crippen LogP contribution is -2.31. The first-order valence-corrected chi connectivity index (χ1v) is 6.48. The number of aromatic nitrogens is 1. The lowest BCUT2D eigenvalue weighted by Gasteiger charge is -2.08. The second-order valence-electron chi connectivity index (χ2n) is 4.35. The molecule has 0 unspecified atom stereocenters. The highest BCUT2D eigenvalue weighted by Gasteiger charge is 2.27. The number of carbonyl (C=O) groups is 1. The Hall–Kier alpha value is -1.67. The standard InChI is InChI=1S/C13H18F3N3O2/c14-13(15,16)10-21-9-12(20)19-6-2-5-18-8-11-3-1-4-17-7-11/h1,3-4,7,18H,2,5-6,8-10H2,(H,19,20). The van der Waals surface area contributed by atoms with Gasteiger partial charge < -0.3 is 15.4 Å². The SMILES string of the molecule is O=C(COCC(F)(F)F)NCCCNCc1cccnc1. The van der Waals surface area contributed by atoms with Crippen molar-refractivity contribution in [2.45, 2.75) is 19.1 Å². The van der Waals surface area contributed by atoms with Gasteiger partial charge in [0, 0.05) is 25.5 Å². The Morgan fingerprint density at radius 2 is 2.14 bits per heavy atom. The maximum Gasteiger partial charge on any atom is 0.411 e. The number of amides is 1. The number of ether oxygens (including phenoxy) is 1. The van der Waals surface area contributed by atoms with E-state index < -0.39 is 25.3 Å². The van der Waals surface area contributed by atoms with Gasteiger partial charge in [0.05, 0.1) is 0 Å². The molecule has 1 aromatic rings. The molecular formula is C13H18F3N3O2. The number of nitrogens with zero attached hydrogens (tertiary/aromatic N) is 1. The molecule has 0 aromatic carbocycles. The van der Waals surface area contributed by atoms with E-state index in [1.165, 1.54) is 0 Å². The van der Waals surface area contributed by atoms with Crippen LogP contribution in [0.1, 0.15) is 12.0 Å². The van der Waals surface area contributed by atoms with Crippen molar-refractivity contribution in [1.29, 1.82) is 0 Å². The Morgan fingerprint density at radius 3 is 2.81 bits per heavy atom. The minimum Gasteiger partial charge on any atom is -0.362 e. The monoisotopic (exact) mass is 305 g/mol. The largest absolute Gasteiger partial charge is 0.411 e. The average Bonchev–Trinajstić information content (AvgIpc) is 2.42. The van der Waals surface area contributed by atoms with Crippen molar-refractivity contribution < 1.29 is 22.7 Å². The van der Waals surface area contributed by atoms with E-state index in [1.807, 2.05) is 12.1 Å². The second kappa shape index (κ2) is 9.30. The molecule has 1 aromatic heterocycles. The summed E-state index contributed by atoms with van der Waals surface area (Å²) in [5.41, 5.74) is 1.06. The number of pyridine rings is 1. The molecule has 0 spiro atoms. The van der Waals surface area contributed by atoms with E-state index in [2.05, 4.69) is 20.4 Å². The van der Waals surface area contributed by atoms with Gasteiger partial charge in [-0.25, -0.2) is 0 Å². The van der Waals surface area contributed by atoms with Gasteiger partial charge >= 0.3 is 6.18 Å². The summed E-state index contributed by atoms with van der Waals surface area (Å²) < 4.78 is 39.5. The molecular weight excluding hydrogens is 287 g/mol. The third kappa shape index (κ3) is 9.80. The minimum atomic E-state index is -4.41. The third-order valence-electron chi connectivity index (χ3n) is 2.40. The van der Waals surface area contributed by atoms with Crippen molar-refractivity contribution in [3.05, 3.63) is 30.1 Å². The molecule has 0 saturated heterocycles. The smallest absolute Gasteiger partial charge is 0.362 e. The van der Waals surface area contributed by atoms with Crippen LogP contribution in [0.15, 0.2) is 24.5 Å². The van der Waals surface area contributed by atoms with Gasteiger partial charge in [0.1, 0.15) is 13.2 Å². The Labute approximate surface area is 120 Å². The molecule has 8 heteroatoms. The molecule has 1 amide bonds. The van der Waals surface area contributed by atoms with Gasteiger partial charge in [0.25, 0.3) is 0 Å². The van der Waals surface area contributed by atoms with Crippen molar-refractivity contribution in [3.63, 3.8) is 0 Å². The van der Waals surface area contributed by atoms with Crippen molar-refractivity contribution >= 4 is 5.91 Å². The van der Waals surface area contributed by atoms with E-state index >= 15 is 0 Å². The number of halogens is 3. The van der Waals surface area contributed by atoms with Crippen LogP contribution in [0.3, 0.4) is 0 Å². The molecule has 0 saturated carbocycles. The van der Waals surface area contributed by atoms with Crippen LogP contribution in [0.25, 0.3) is 0 Å². The molecule has 1 rings (SSSR count). The highest BCUT2D eigenvalue weighted by atomic mass is 19.4. The van der Waals surface area contributed by atoms with E-state index in [0.29, 0.717) is 26.1 Å². The van der Waals surface area contributed by atoms with E-state index in [4.69, 9.17) is 0 Å². The molecule has 5 nitrogen and oxygen atoms in total. The molecule has 0 aliphatic heterocycles. The fraction of sp³-hybridized carbons (Fsp3) is 0.538. The average molecular weight is 305 g/mol. The van der Waals surface area contributed by atoms with Crippen LogP contribution in [-0.2, 0) is 16.1 Å². The zero-order valence-electron chi connectivity index (χ0n) is 11.4. The summed E-state index contributed by atoms with van der Waals surface area (Å²) >= 11 is 0. The Morgan fingerprint density at radius 1 is 1.33 bits per heavy atom. The van der Waals surface area contributed by atoms with Crippen molar-refractivity contribution in [2.24, 2.45) is 0 Å². The summed E-state index contributed by atoms with van der Waals surface area (Å²) in [6.45, 7) is -0.251. The Kier molecular flexibility index (Phi) is 7.70. The van der Waals surface area contributed by atoms with Crippen molar-refractivity contribution in [2.75, 3.05) is 26.3 Å². The van der Waals surface area contributed by atoms with Gasteiger partial charge in [0.15, 0.2) is 0 Å². The summed E-state index contributed by atoms with van der Waals surface area (Å²) in [5, 5.41) is 5.65.